The van der Waals surface area contributed by atoms with Gasteiger partial charge in [-0.15, -0.1) is 0 Å². The first kappa shape index (κ1) is 6.65. The average molecular weight is 150 g/mol. The Morgan fingerprint density at radius 3 is 2.88 bits per heavy atom. The van der Waals surface area contributed by atoms with Crippen LogP contribution < -0.4 is 0 Å². The average Bonchev–Trinajstić information content (AvgIpc) is 2.14. The van der Waals surface area contributed by atoms with E-state index in [1.807, 2.05) is 11.8 Å². The van der Waals surface area contributed by atoms with Gasteiger partial charge >= 0.3 is 0 Å². The summed E-state index contributed by atoms with van der Waals surface area (Å²) in [6.45, 7) is 0.333. The number of hydrogen-bond acceptors (Lipinski definition) is 2. The van der Waals surface area contributed by atoms with E-state index in [4.69, 9.17) is 5.11 Å². The second kappa shape index (κ2) is 2.90. The van der Waals surface area contributed by atoms with Gasteiger partial charge in [0.15, 0.2) is 0 Å². The van der Waals surface area contributed by atoms with E-state index < -0.39 is 0 Å². The van der Waals surface area contributed by atoms with Gasteiger partial charge < -0.3 is 5.11 Å². The Morgan fingerprint density at radius 2 is 2.62 bits per heavy atom. The van der Waals surface area contributed by atoms with Crippen molar-refractivity contribution in [3.63, 3.8) is 0 Å². The minimum atomic E-state index is 0.252. The minimum Gasteiger partial charge on any atom is -0.395 e. The van der Waals surface area contributed by atoms with E-state index in [-0.39, 0.29) is 10.5 Å². The molecule has 0 aliphatic carbocycles. The summed E-state index contributed by atoms with van der Waals surface area (Å²) in [6, 6.07) is 0. The Hall–Kier alpha value is 0.530. The highest BCUT2D eigenvalue weighted by Crippen LogP contribution is 2.33. The Kier molecular flexibility index (Phi) is 2.41. The van der Waals surface area contributed by atoms with Crippen LogP contribution in [-0.4, -0.2) is 33.7 Å². The summed E-state index contributed by atoms with van der Waals surface area (Å²) in [7, 11) is 0.252. The molecule has 0 aromatic heterocycles. The topological polar surface area (TPSA) is 20.2 Å². The van der Waals surface area contributed by atoms with E-state index in [0.29, 0.717) is 11.9 Å². The normalized spacial score (nSPS) is 38.1. The van der Waals surface area contributed by atoms with Crippen LogP contribution in [0.25, 0.3) is 0 Å². The first-order valence-electron chi connectivity index (χ1n) is 2.52. The van der Waals surface area contributed by atoms with Crippen molar-refractivity contribution in [3.8, 4) is 0 Å². The quantitative estimate of drug-likeness (QED) is 0.557. The van der Waals surface area contributed by atoms with Crippen molar-refractivity contribution in [2.45, 2.75) is 5.25 Å². The molecule has 48 valence electrons. The molecule has 1 saturated heterocycles. The van der Waals surface area contributed by atoms with Crippen LogP contribution in [0, 0.1) is 0 Å². The lowest BCUT2D eigenvalue weighted by molar-refractivity contribution is 0.301. The molecule has 3 heteroatoms. The molecule has 2 atom stereocenters. The Balaban J connectivity index is 2.42. The van der Waals surface area contributed by atoms with Gasteiger partial charge in [0.2, 0.25) is 0 Å². The van der Waals surface area contributed by atoms with Gasteiger partial charge in [0.05, 0.1) is 6.61 Å². The maximum absolute atomic E-state index is 8.69. The number of rotatable bonds is 1. The van der Waals surface area contributed by atoms with Crippen molar-refractivity contribution in [2.24, 2.45) is 0 Å². The molecule has 2 unspecified atom stereocenters. The zero-order chi connectivity index (χ0) is 5.98. The van der Waals surface area contributed by atoms with Gasteiger partial charge in [0.1, 0.15) is 0 Å². The first-order chi connectivity index (χ1) is 3.84. The number of thioether (sulfide) groups is 1. The van der Waals surface area contributed by atoms with Gasteiger partial charge in [-0.1, -0.05) is 5.87 Å². The molecule has 0 aromatic carbocycles. The molecule has 0 radical (unpaired) electrons. The predicted octanol–water partition coefficient (Wildman–Crippen LogP) is 0.752. The third-order valence-electron chi connectivity index (χ3n) is 1.21. The van der Waals surface area contributed by atoms with Crippen molar-refractivity contribution in [3.05, 3.63) is 0 Å². The fourth-order valence-electron chi connectivity index (χ4n) is 0.637. The van der Waals surface area contributed by atoms with Crippen molar-refractivity contribution in [1.29, 1.82) is 0 Å². The van der Waals surface area contributed by atoms with Crippen molar-refractivity contribution in [1.82, 2.24) is 0 Å². The molecule has 1 nitrogen and oxygen atoms in total. The molecular formula is C5H10OS2. The van der Waals surface area contributed by atoms with Crippen LogP contribution in [-0.2, 0) is 0 Å². The van der Waals surface area contributed by atoms with Crippen molar-refractivity contribution >= 4 is 28.1 Å². The van der Waals surface area contributed by atoms with E-state index in [1.54, 1.807) is 0 Å². The summed E-state index contributed by atoms with van der Waals surface area (Å²) in [4.78, 5) is 0. The van der Waals surface area contributed by atoms with Crippen molar-refractivity contribution < 1.29 is 5.11 Å². The lowest BCUT2D eigenvalue weighted by atomic mass is 10.5. The van der Waals surface area contributed by atoms with E-state index in [9.17, 15) is 0 Å². The van der Waals surface area contributed by atoms with E-state index in [2.05, 4.69) is 5.87 Å². The minimum absolute atomic E-state index is 0.252. The van der Waals surface area contributed by atoms with Crippen molar-refractivity contribution in [2.75, 3.05) is 17.4 Å². The third-order valence-corrected chi connectivity index (χ3v) is 5.20. The summed E-state index contributed by atoms with van der Waals surface area (Å²) in [5, 5.41) is 10.3. The lowest BCUT2D eigenvalue weighted by Gasteiger charge is -2.03. The second-order valence-corrected chi connectivity index (χ2v) is 5.26. The van der Waals surface area contributed by atoms with Crippen LogP contribution in [0.4, 0.5) is 0 Å². The molecule has 1 fully saturated rings. The first-order valence-corrected chi connectivity index (χ1v) is 5.30. The molecule has 1 rings (SSSR count). The number of hydrogen-bond donors (Lipinski definition) is 1. The highest BCUT2D eigenvalue weighted by molar-refractivity contribution is 8.27. The van der Waals surface area contributed by atoms with Crippen LogP contribution >= 0.6 is 22.2 Å². The Morgan fingerprint density at radius 1 is 1.88 bits per heavy atom. The predicted molar refractivity (Wildman–Crippen MR) is 42.9 cm³/mol. The van der Waals surface area contributed by atoms with Gasteiger partial charge in [-0.2, -0.15) is 22.2 Å². The maximum Gasteiger partial charge on any atom is 0.0553 e. The lowest BCUT2D eigenvalue weighted by Crippen LogP contribution is -2.07. The van der Waals surface area contributed by atoms with E-state index in [0.717, 1.165) is 10.8 Å². The molecule has 1 N–H and O–H groups in total. The van der Waals surface area contributed by atoms with E-state index in [1.165, 1.54) is 0 Å². The summed E-state index contributed by atoms with van der Waals surface area (Å²) in [5.41, 5.74) is 0. The Labute approximate surface area is 56.4 Å². The standard InChI is InChI=1S/C5H10OS2/c1-8-4-7-3-5(8)2-6/h5-6H,1-4H2. The van der Waals surface area contributed by atoms with Gasteiger partial charge in [0, 0.05) is 16.1 Å². The van der Waals surface area contributed by atoms with Gasteiger partial charge in [-0.05, 0) is 0 Å². The molecule has 0 amide bonds. The highest BCUT2D eigenvalue weighted by atomic mass is 32.2. The van der Waals surface area contributed by atoms with Crippen LogP contribution in [0.15, 0.2) is 0 Å². The molecule has 0 bridgehead atoms. The smallest absolute Gasteiger partial charge is 0.0553 e. The molecule has 0 aromatic rings. The van der Waals surface area contributed by atoms with Gasteiger partial charge in [0.25, 0.3) is 0 Å². The molecular weight excluding hydrogens is 140 g/mol. The second-order valence-electron chi connectivity index (χ2n) is 1.83. The zero-order valence-electron chi connectivity index (χ0n) is 4.67. The van der Waals surface area contributed by atoms with Crippen LogP contribution in [0.2, 0.25) is 0 Å². The van der Waals surface area contributed by atoms with E-state index >= 15 is 0 Å². The SMILES string of the molecule is C=S1CSCC1CO. The fraction of sp³-hybridized carbons (Fsp3) is 0.800. The number of aliphatic hydroxyl groups excluding tert-OH is 1. The molecule has 0 saturated carbocycles. The monoisotopic (exact) mass is 150 g/mol. The molecule has 1 aliphatic heterocycles. The van der Waals surface area contributed by atoms with Gasteiger partial charge in [-0.3, -0.25) is 0 Å². The zero-order valence-corrected chi connectivity index (χ0v) is 6.30. The molecule has 0 spiro atoms. The van der Waals surface area contributed by atoms with Gasteiger partial charge in [-0.25, -0.2) is 0 Å². The fourth-order valence-corrected chi connectivity index (χ4v) is 4.29. The molecule has 8 heavy (non-hydrogen) atoms. The van der Waals surface area contributed by atoms with Crippen LogP contribution in [0.5, 0.6) is 0 Å². The highest BCUT2D eigenvalue weighted by Gasteiger charge is 2.16. The summed E-state index contributed by atoms with van der Waals surface area (Å²) < 4.78 is 0. The van der Waals surface area contributed by atoms with Crippen LogP contribution in [0.1, 0.15) is 0 Å². The van der Waals surface area contributed by atoms with Crippen LogP contribution in [0.3, 0.4) is 0 Å². The summed E-state index contributed by atoms with van der Waals surface area (Å²) in [6.07, 6.45) is 0. The largest absolute Gasteiger partial charge is 0.395 e. The number of aliphatic hydroxyl groups is 1. The maximum atomic E-state index is 8.69. The summed E-state index contributed by atoms with van der Waals surface area (Å²) in [5.74, 6) is 5.05. The summed E-state index contributed by atoms with van der Waals surface area (Å²) >= 11 is 1.90. The third kappa shape index (κ3) is 1.27. The molecule has 1 heterocycles. The Bertz CT molecular complexity index is 103. The molecule has 1 aliphatic rings.